The van der Waals surface area contributed by atoms with E-state index in [2.05, 4.69) is 10.3 Å². The SMILES string of the molecule is O=C(NCCn1cnccc1=O)c1cccc2c1CCOC2. The fraction of sp³-hybridized carbons (Fsp3) is 0.312. The number of hydrogen-bond acceptors (Lipinski definition) is 4. The largest absolute Gasteiger partial charge is 0.376 e. The van der Waals surface area contributed by atoms with E-state index < -0.39 is 0 Å². The van der Waals surface area contributed by atoms with Gasteiger partial charge in [0.2, 0.25) is 0 Å². The van der Waals surface area contributed by atoms with Crippen LogP contribution in [-0.4, -0.2) is 28.6 Å². The van der Waals surface area contributed by atoms with Gasteiger partial charge in [0, 0.05) is 30.9 Å². The second-order valence-electron chi connectivity index (χ2n) is 5.11. The molecule has 3 rings (SSSR count). The maximum absolute atomic E-state index is 12.3. The van der Waals surface area contributed by atoms with Crippen molar-refractivity contribution < 1.29 is 9.53 Å². The number of amides is 1. The Balaban J connectivity index is 1.66. The van der Waals surface area contributed by atoms with Crippen LogP contribution in [0.25, 0.3) is 0 Å². The molecule has 1 aliphatic heterocycles. The monoisotopic (exact) mass is 299 g/mol. The molecule has 0 saturated carbocycles. The minimum atomic E-state index is -0.126. The number of hydrogen-bond donors (Lipinski definition) is 1. The van der Waals surface area contributed by atoms with E-state index in [1.807, 2.05) is 18.2 Å². The fourth-order valence-electron chi connectivity index (χ4n) is 2.57. The van der Waals surface area contributed by atoms with E-state index in [1.165, 1.54) is 23.2 Å². The maximum atomic E-state index is 12.3. The summed E-state index contributed by atoms with van der Waals surface area (Å²) in [5.41, 5.74) is 2.70. The van der Waals surface area contributed by atoms with Crippen molar-refractivity contribution in [3.63, 3.8) is 0 Å². The van der Waals surface area contributed by atoms with Crippen molar-refractivity contribution in [1.29, 1.82) is 0 Å². The molecule has 1 aliphatic rings. The van der Waals surface area contributed by atoms with Crippen LogP contribution in [0, 0.1) is 0 Å². The zero-order valence-electron chi connectivity index (χ0n) is 12.1. The number of nitrogens with zero attached hydrogens (tertiary/aromatic N) is 2. The van der Waals surface area contributed by atoms with Gasteiger partial charge in [0.15, 0.2) is 0 Å². The number of carbonyl (C=O) groups excluding carboxylic acids is 1. The smallest absolute Gasteiger partial charge is 0.253 e. The van der Waals surface area contributed by atoms with E-state index in [4.69, 9.17) is 4.74 Å². The molecule has 2 aromatic rings. The number of aromatic nitrogens is 2. The molecular formula is C16H17N3O3. The summed E-state index contributed by atoms with van der Waals surface area (Å²) in [6.45, 7) is 1.98. The van der Waals surface area contributed by atoms with Crippen LogP contribution in [0.2, 0.25) is 0 Å². The van der Waals surface area contributed by atoms with Gasteiger partial charge in [0.05, 0.1) is 19.5 Å². The average Bonchev–Trinajstić information content (AvgIpc) is 2.56. The molecule has 1 aromatic carbocycles. The lowest BCUT2D eigenvalue weighted by Crippen LogP contribution is -2.31. The average molecular weight is 299 g/mol. The topological polar surface area (TPSA) is 73.2 Å². The summed E-state index contributed by atoms with van der Waals surface area (Å²) in [7, 11) is 0. The van der Waals surface area contributed by atoms with Crippen LogP contribution >= 0.6 is 0 Å². The van der Waals surface area contributed by atoms with Gasteiger partial charge < -0.3 is 10.1 Å². The number of fused-ring (bicyclic) bond motifs is 1. The summed E-state index contributed by atoms with van der Waals surface area (Å²) in [5.74, 6) is -0.115. The molecule has 0 saturated heterocycles. The third-order valence-corrected chi connectivity index (χ3v) is 3.70. The zero-order chi connectivity index (χ0) is 15.4. The lowest BCUT2D eigenvalue weighted by atomic mass is 9.97. The highest BCUT2D eigenvalue weighted by atomic mass is 16.5. The van der Waals surface area contributed by atoms with Gasteiger partial charge in [0.1, 0.15) is 0 Å². The highest BCUT2D eigenvalue weighted by molar-refractivity contribution is 5.96. The number of rotatable bonds is 4. The Bertz CT molecular complexity index is 739. The third kappa shape index (κ3) is 3.07. The Morgan fingerprint density at radius 2 is 2.27 bits per heavy atom. The summed E-state index contributed by atoms with van der Waals surface area (Å²) in [6.07, 6.45) is 3.67. The first-order chi connectivity index (χ1) is 10.8. The molecule has 2 heterocycles. The number of benzene rings is 1. The van der Waals surface area contributed by atoms with Crippen molar-refractivity contribution >= 4 is 5.91 Å². The van der Waals surface area contributed by atoms with Crippen LogP contribution in [0.1, 0.15) is 21.5 Å². The lowest BCUT2D eigenvalue weighted by molar-refractivity contribution is 0.0940. The summed E-state index contributed by atoms with van der Waals surface area (Å²) in [6, 6.07) is 7.08. The quantitative estimate of drug-likeness (QED) is 0.904. The van der Waals surface area contributed by atoms with Crippen molar-refractivity contribution in [2.75, 3.05) is 13.2 Å². The number of ether oxygens (including phenoxy) is 1. The molecule has 1 aromatic heterocycles. The highest BCUT2D eigenvalue weighted by Crippen LogP contribution is 2.20. The maximum Gasteiger partial charge on any atom is 0.253 e. The molecular weight excluding hydrogens is 282 g/mol. The van der Waals surface area contributed by atoms with Crippen LogP contribution < -0.4 is 10.9 Å². The second-order valence-corrected chi connectivity index (χ2v) is 5.11. The molecule has 0 atom stereocenters. The molecule has 1 amide bonds. The molecule has 0 radical (unpaired) electrons. The van der Waals surface area contributed by atoms with E-state index in [9.17, 15) is 9.59 Å². The molecule has 0 bridgehead atoms. The predicted molar refractivity (Wildman–Crippen MR) is 80.6 cm³/mol. The first-order valence-corrected chi connectivity index (χ1v) is 7.23. The summed E-state index contributed by atoms with van der Waals surface area (Å²) in [4.78, 5) is 27.8. The Hall–Kier alpha value is -2.47. The second kappa shape index (κ2) is 6.53. The number of carbonyl (C=O) groups is 1. The third-order valence-electron chi connectivity index (χ3n) is 3.70. The van der Waals surface area contributed by atoms with Gasteiger partial charge >= 0.3 is 0 Å². The van der Waals surface area contributed by atoms with Crippen LogP contribution in [0.4, 0.5) is 0 Å². The van der Waals surface area contributed by atoms with Crippen LogP contribution in [0.15, 0.2) is 41.6 Å². The van der Waals surface area contributed by atoms with E-state index in [-0.39, 0.29) is 11.5 Å². The van der Waals surface area contributed by atoms with Crippen molar-refractivity contribution in [3.05, 3.63) is 63.8 Å². The summed E-state index contributed by atoms with van der Waals surface area (Å²) >= 11 is 0. The van der Waals surface area contributed by atoms with Crippen LogP contribution in [0.3, 0.4) is 0 Å². The normalized spacial score (nSPS) is 13.5. The van der Waals surface area contributed by atoms with E-state index in [0.29, 0.717) is 31.9 Å². The van der Waals surface area contributed by atoms with Crippen molar-refractivity contribution in [2.24, 2.45) is 0 Å². The van der Waals surface area contributed by atoms with Crippen LogP contribution in [0.5, 0.6) is 0 Å². The molecule has 22 heavy (non-hydrogen) atoms. The first kappa shape index (κ1) is 14.5. The predicted octanol–water partition coefficient (Wildman–Crippen LogP) is 0.746. The Morgan fingerprint density at radius 1 is 1.36 bits per heavy atom. The Morgan fingerprint density at radius 3 is 3.14 bits per heavy atom. The van der Waals surface area contributed by atoms with Crippen LogP contribution in [-0.2, 0) is 24.3 Å². The van der Waals surface area contributed by atoms with E-state index in [1.54, 1.807) is 0 Å². The van der Waals surface area contributed by atoms with Gasteiger partial charge in [-0.1, -0.05) is 12.1 Å². The molecule has 0 fully saturated rings. The van der Waals surface area contributed by atoms with Gasteiger partial charge in [-0.05, 0) is 23.6 Å². The number of nitrogens with one attached hydrogen (secondary N) is 1. The molecule has 6 nitrogen and oxygen atoms in total. The first-order valence-electron chi connectivity index (χ1n) is 7.23. The Labute approximate surface area is 127 Å². The van der Waals surface area contributed by atoms with Gasteiger partial charge in [-0.2, -0.15) is 0 Å². The molecule has 1 N–H and O–H groups in total. The zero-order valence-corrected chi connectivity index (χ0v) is 12.1. The molecule has 6 heteroatoms. The fourth-order valence-corrected chi connectivity index (χ4v) is 2.57. The van der Waals surface area contributed by atoms with E-state index >= 15 is 0 Å². The van der Waals surface area contributed by atoms with Crippen molar-refractivity contribution in [2.45, 2.75) is 19.6 Å². The van der Waals surface area contributed by atoms with E-state index in [0.717, 1.165) is 17.5 Å². The Kier molecular flexibility index (Phi) is 4.29. The summed E-state index contributed by atoms with van der Waals surface area (Å²) in [5, 5.41) is 2.86. The van der Waals surface area contributed by atoms with Crippen molar-refractivity contribution in [3.8, 4) is 0 Å². The standard InChI is InChI=1S/C16H17N3O3/c20-15-4-6-17-11-19(15)8-7-18-16(21)14-3-1-2-12-10-22-9-5-13(12)14/h1-4,6,11H,5,7-10H2,(H,18,21). The molecule has 0 spiro atoms. The van der Waals surface area contributed by atoms with Gasteiger partial charge in [-0.3, -0.25) is 14.2 Å². The molecule has 0 aliphatic carbocycles. The lowest BCUT2D eigenvalue weighted by Gasteiger charge is -2.19. The minimum absolute atomic E-state index is 0.115. The van der Waals surface area contributed by atoms with Gasteiger partial charge in [-0.25, -0.2) is 4.98 Å². The molecule has 114 valence electrons. The van der Waals surface area contributed by atoms with Gasteiger partial charge in [-0.15, -0.1) is 0 Å². The molecule has 0 unspecified atom stereocenters. The summed E-state index contributed by atoms with van der Waals surface area (Å²) < 4.78 is 6.87. The van der Waals surface area contributed by atoms with Gasteiger partial charge in [0.25, 0.3) is 11.5 Å². The minimum Gasteiger partial charge on any atom is -0.376 e. The van der Waals surface area contributed by atoms with Crippen molar-refractivity contribution in [1.82, 2.24) is 14.9 Å². The highest BCUT2D eigenvalue weighted by Gasteiger charge is 2.17.